The van der Waals surface area contributed by atoms with Crippen LogP contribution in [-0.4, -0.2) is 12.5 Å². The fourth-order valence-electron chi connectivity index (χ4n) is 4.61. The Morgan fingerprint density at radius 1 is 1.11 bits per heavy atom. The summed E-state index contributed by atoms with van der Waals surface area (Å²) >= 11 is 3.53. The summed E-state index contributed by atoms with van der Waals surface area (Å²) < 4.78 is 3.69. The molecule has 178 valence electrons. The molecular formula is C29H28N2O2S2. The van der Waals surface area contributed by atoms with Crippen LogP contribution >= 0.6 is 23.1 Å². The molecule has 0 bridgehead atoms. The van der Waals surface area contributed by atoms with Gasteiger partial charge in [-0.1, -0.05) is 60.4 Å². The average Bonchev–Trinajstić information content (AvgIpc) is 3.38. The van der Waals surface area contributed by atoms with Crippen molar-refractivity contribution in [3.8, 4) is 0 Å². The third kappa shape index (κ3) is 4.60. The van der Waals surface area contributed by atoms with Crippen molar-refractivity contribution in [2.75, 3.05) is 11.4 Å². The predicted molar refractivity (Wildman–Crippen MR) is 146 cm³/mol. The third-order valence-corrected chi connectivity index (χ3v) is 8.59. The maximum Gasteiger partial charge on any atom is 0.263 e. The molecule has 5 rings (SSSR count). The second-order valence-corrected chi connectivity index (χ2v) is 10.8. The first-order chi connectivity index (χ1) is 17.0. The largest absolute Gasteiger partial charge is 0.550 e. The van der Waals surface area contributed by atoms with Gasteiger partial charge < -0.3 is 14.8 Å². The highest BCUT2D eigenvalue weighted by atomic mass is 32.2. The number of rotatable bonds is 7. The number of aliphatic carboxylic acids is 1. The molecule has 0 saturated carbocycles. The number of anilines is 1. The molecule has 4 aromatic rings. The number of nitrogens with zero attached hydrogens (tertiary/aromatic N) is 2. The van der Waals surface area contributed by atoms with Gasteiger partial charge in [0.25, 0.3) is 5.01 Å². The van der Waals surface area contributed by atoms with E-state index in [9.17, 15) is 9.90 Å². The molecule has 0 atom stereocenters. The Bertz CT molecular complexity index is 1500. The van der Waals surface area contributed by atoms with Gasteiger partial charge in [-0.2, -0.15) is 4.57 Å². The minimum Gasteiger partial charge on any atom is -0.550 e. The van der Waals surface area contributed by atoms with Gasteiger partial charge in [-0.3, -0.25) is 0 Å². The summed E-state index contributed by atoms with van der Waals surface area (Å²) in [5.41, 5.74) is 4.75. The van der Waals surface area contributed by atoms with Crippen LogP contribution in [0.3, 0.4) is 0 Å². The van der Waals surface area contributed by atoms with Crippen LogP contribution in [0.5, 0.6) is 0 Å². The number of fused-ring (bicyclic) bond motifs is 4. The summed E-state index contributed by atoms with van der Waals surface area (Å²) in [7, 11) is 0. The van der Waals surface area contributed by atoms with Gasteiger partial charge >= 0.3 is 0 Å². The zero-order valence-corrected chi connectivity index (χ0v) is 21.8. The van der Waals surface area contributed by atoms with Crippen LogP contribution in [0.25, 0.3) is 27.1 Å². The molecule has 35 heavy (non-hydrogen) atoms. The molecule has 2 heterocycles. The molecule has 1 aliphatic rings. The van der Waals surface area contributed by atoms with Gasteiger partial charge in [0.05, 0.1) is 16.1 Å². The van der Waals surface area contributed by atoms with Crippen molar-refractivity contribution in [3.05, 3.63) is 81.8 Å². The van der Waals surface area contributed by atoms with Gasteiger partial charge in [0.2, 0.25) is 5.52 Å². The second kappa shape index (κ2) is 9.88. The number of thiazole rings is 1. The third-order valence-electron chi connectivity index (χ3n) is 6.38. The SMILES string of the molecule is CCC(=Cc1sc2ccc3ccccc3c2[n+]1CC)C=C1Sc2ccc(C)cc2N1CCC(=O)[O-]. The topological polar surface area (TPSA) is 47.2 Å². The van der Waals surface area contributed by atoms with E-state index in [4.69, 9.17) is 0 Å². The Hall–Kier alpha value is -3.09. The molecule has 4 nitrogen and oxygen atoms in total. The standard InChI is InChI=1S/C29H28N2O2S2/c1-4-20(18-27-31(15-14-28(32)33)23-16-19(3)10-12-24(23)34-27)17-26-30(5-2)29-22-9-7-6-8-21(22)11-13-25(29)35-26/h6-13,16-18H,4-5,14-15H2,1-3H3. The molecule has 0 spiro atoms. The number of carbonyl (C=O) groups is 1. The summed E-state index contributed by atoms with van der Waals surface area (Å²) in [5.74, 6) is -1.02. The number of allylic oxidation sites excluding steroid dienone is 2. The first kappa shape index (κ1) is 23.6. The predicted octanol–water partition coefficient (Wildman–Crippen LogP) is 6.06. The fraction of sp³-hybridized carbons (Fsp3) is 0.241. The van der Waals surface area contributed by atoms with Crippen molar-refractivity contribution in [2.24, 2.45) is 0 Å². The van der Waals surface area contributed by atoms with E-state index in [1.54, 1.807) is 11.8 Å². The number of aryl methyl sites for hydroxylation is 2. The Labute approximate surface area is 214 Å². The highest BCUT2D eigenvalue weighted by Gasteiger charge is 2.26. The lowest BCUT2D eigenvalue weighted by atomic mass is 10.1. The summed E-state index contributed by atoms with van der Waals surface area (Å²) in [6.45, 7) is 7.73. The molecule has 0 amide bonds. The highest BCUT2D eigenvalue weighted by Crippen LogP contribution is 2.47. The Kier molecular flexibility index (Phi) is 6.67. The van der Waals surface area contributed by atoms with E-state index < -0.39 is 5.97 Å². The van der Waals surface area contributed by atoms with Gasteiger partial charge in [0.15, 0.2) is 0 Å². The minimum absolute atomic E-state index is 0.00429. The van der Waals surface area contributed by atoms with Crippen molar-refractivity contribution in [1.82, 2.24) is 0 Å². The Morgan fingerprint density at radius 3 is 2.71 bits per heavy atom. The maximum atomic E-state index is 11.2. The van der Waals surface area contributed by atoms with E-state index in [1.807, 2.05) is 11.3 Å². The molecule has 0 unspecified atom stereocenters. The maximum absolute atomic E-state index is 11.2. The fourth-order valence-corrected chi connectivity index (χ4v) is 6.97. The van der Waals surface area contributed by atoms with Crippen molar-refractivity contribution < 1.29 is 14.5 Å². The Balaban J connectivity index is 1.58. The molecule has 0 fully saturated rings. The minimum atomic E-state index is -1.02. The van der Waals surface area contributed by atoms with Crippen LogP contribution in [0.4, 0.5) is 5.69 Å². The smallest absolute Gasteiger partial charge is 0.263 e. The van der Waals surface area contributed by atoms with Crippen LogP contribution in [0.1, 0.15) is 37.3 Å². The molecule has 1 aromatic heterocycles. The summed E-state index contributed by atoms with van der Waals surface area (Å²) in [5, 5.41) is 16.1. The van der Waals surface area contributed by atoms with Crippen molar-refractivity contribution in [1.29, 1.82) is 0 Å². The van der Waals surface area contributed by atoms with E-state index in [0.29, 0.717) is 6.54 Å². The van der Waals surface area contributed by atoms with E-state index in [-0.39, 0.29) is 6.42 Å². The summed E-state index contributed by atoms with van der Waals surface area (Å²) in [4.78, 5) is 14.5. The van der Waals surface area contributed by atoms with E-state index in [0.717, 1.165) is 34.1 Å². The van der Waals surface area contributed by atoms with Gasteiger partial charge in [0.1, 0.15) is 11.2 Å². The van der Waals surface area contributed by atoms with Crippen LogP contribution in [0.15, 0.2) is 76.2 Å². The summed E-state index contributed by atoms with van der Waals surface area (Å²) in [6, 6.07) is 19.4. The second-order valence-electron chi connectivity index (χ2n) is 8.72. The summed E-state index contributed by atoms with van der Waals surface area (Å²) in [6.07, 6.45) is 5.39. The number of carboxylic acid groups (broad SMARTS) is 1. The number of hydrogen-bond acceptors (Lipinski definition) is 5. The van der Waals surface area contributed by atoms with E-state index >= 15 is 0 Å². The lowest BCUT2D eigenvalue weighted by Gasteiger charge is -2.21. The van der Waals surface area contributed by atoms with Gasteiger partial charge in [0, 0.05) is 29.9 Å². The first-order valence-corrected chi connectivity index (χ1v) is 13.6. The van der Waals surface area contributed by atoms with Gasteiger partial charge in [-0.15, -0.1) is 0 Å². The number of hydrogen-bond donors (Lipinski definition) is 0. The van der Waals surface area contributed by atoms with Crippen LogP contribution in [0.2, 0.25) is 0 Å². The lowest BCUT2D eigenvalue weighted by Crippen LogP contribution is -2.33. The van der Waals surface area contributed by atoms with Crippen molar-refractivity contribution in [2.45, 2.75) is 45.1 Å². The number of carboxylic acids is 1. The average molecular weight is 501 g/mol. The number of aromatic nitrogens is 1. The Morgan fingerprint density at radius 2 is 1.94 bits per heavy atom. The number of benzene rings is 3. The zero-order chi connectivity index (χ0) is 24.5. The van der Waals surface area contributed by atoms with Gasteiger partial charge in [-0.25, -0.2) is 0 Å². The molecule has 6 heteroatoms. The quantitative estimate of drug-likeness (QED) is 0.290. The molecule has 0 saturated heterocycles. The monoisotopic (exact) mass is 500 g/mol. The van der Waals surface area contributed by atoms with Crippen LogP contribution in [-0.2, 0) is 11.3 Å². The van der Waals surface area contributed by atoms with Crippen LogP contribution in [0, 0.1) is 6.92 Å². The number of carbonyl (C=O) groups excluding carboxylic acids is 1. The van der Waals surface area contributed by atoms with Crippen molar-refractivity contribution in [3.63, 3.8) is 0 Å². The first-order valence-electron chi connectivity index (χ1n) is 12.0. The molecule has 3 aromatic carbocycles. The van der Waals surface area contributed by atoms with E-state index in [1.165, 1.54) is 31.6 Å². The molecule has 0 radical (unpaired) electrons. The normalized spacial score (nSPS) is 14.9. The molecular weight excluding hydrogens is 472 g/mol. The highest BCUT2D eigenvalue weighted by molar-refractivity contribution is 8.03. The molecule has 0 aliphatic carbocycles. The van der Waals surface area contributed by atoms with E-state index in [2.05, 4.69) is 97.0 Å². The molecule has 0 N–H and O–H groups in total. The zero-order valence-electron chi connectivity index (χ0n) is 20.2. The number of thioether (sulfide) groups is 1. The van der Waals surface area contributed by atoms with Gasteiger partial charge in [-0.05, 0) is 67.1 Å². The molecule has 1 aliphatic heterocycles. The van der Waals surface area contributed by atoms with Crippen molar-refractivity contribution >= 4 is 61.8 Å². The van der Waals surface area contributed by atoms with Crippen LogP contribution < -0.4 is 14.6 Å². The lowest BCUT2D eigenvalue weighted by molar-refractivity contribution is -0.664.